The number of nitrogens with zero attached hydrogens (tertiary/aromatic N) is 1. The third-order valence-electron chi connectivity index (χ3n) is 4.15. The molecular formula is C22H21Cl2FN2O2. The molecule has 0 fully saturated rings. The lowest BCUT2D eigenvalue weighted by Gasteiger charge is -2.16. The Balaban J connectivity index is 1.72. The fourth-order valence-corrected chi connectivity index (χ4v) is 3.28. The highest BCUT2D eigenvalue weighted by Gasteiger charge is 2.15. The average Bonchev–Trinajstić information content (AvgIpc) is 2.70. The van der Waals surface area contributed by atoms with Crippen molar-refractivity contribution in [3.63, 3.8) is 0 Å². The summed E-state index contributed by atoms with van der Waals surface area (Å²) in [5, 5.41) is 4.01. The molecule has 3 rings (SSSR count). The van der Waals surface area contributed by atoms with Crippen LogP contribution in [0.5, 0.6) is 11.5 Å². The molecule has 0 spiro atoms. The van der Waals surface area contributed by atoms with Crippen LogP contribution in [0.25, 0.3) is 0 Å². The van der Waals surface area contributed by atoms with Crippen molar-refractivity contribution >= 4 is 23.2 Å². The van der Waals surface area contributed by atoms with Crippen molar-refractivity contribution in [2.24, 2.45) is 0 Å². The van der Waals surface area contributed by atoms with Crippen LogP contribution in [0.15, 0.2) is 54.7 Å². The van der Waals surface area contributed by atoms with E-state index in [1.54, 1.807) is 24.4 Å². The molecule has 3 aromatic rings. The molecule has 0 unspecified atom stereocenters. The number of hydrogen-bond donors (Lipinski definition) is 1. The van der Waals surface area contributed by atoms with Gasteiger partial charge in [0.05, 0.1) is 22.3 Å². The normalized spacial score (nSPS) is 10.8. The van der Waals surface area contributed by atoms with Crippen LogP contribution in [-0.2, 0) is 19.7 Å². The van der Waals surface area contributed by atoms with E-state index in [0.29, 0.717) is 41.2 Å². The van der Waals surface area contributed by atoms with E-state index >= 15 is 0 Å². The minimum absolute atomic E-state index is 0.0530. The Bertz CT molecular complexity index is 935. The molecule has 29 heavy (non-hydrogen) atoms. The van der Waals surface area contributed by atoms with Gasteiger partial charge in [-0.05, 0) is 48.9 Å². The number of aromatic nitrogens is 1. The Morgan fingerprint density at radius 2 is 1.86 bits per heavy atom. The zero-order valence-corrected chi connectivity index (χ0v) is 17.4. The summed E-state index contributed by atoms with van der Waals surface area (Å²) in [5.41, 5.74) is 2.16. The van der Waals surface area contributed by atoms with Crippen LogP contribution in [-0.4, -0.2) is 11.6 Å². The highest BCUT2D eigenvalue weighted by molar-refractivity contribution is 6.32. The van der Waals surface area contributed by atoms with Gasteiger partial charge in [0.1, 0.15) is 12.4 Å². The predicted octanol–water partition coefficient (Wildman–Crippen LogP) is 5.80. The van der Waals surface area contributed by atoms with E-state index in [2.05, 4.69) is 10.3 Å². The molecule has 2 aromatic carbocycles. The molecule has 0 radical (unpaired) electrons. The van der Waals surface area contributed by atoms with Crippen molar-refractivity contribution in [2.45, 2.75) is 26.6 Å². The maximum absolute atomic E-state index is 14.0. The molecule has 0 aliphatic heterocycles. The largest absolute Gasteiger partial charge is 0.490 e. The Kier molecular flexibility index (Phi) is 7.69. The number of pyridine rings is 1. The van der Waals surface area contributed by atoms with Gasteiger partial charge in [0.2, 0.25) is 0 Å². The smallest absolute Gasteiger partial charge is 0.180 e. The van der Waals surface area contributed by atoms with Crippen LogP contribution in [0.4, 0.5) is 4.39 Å². The average molecular weight is 435 g/mol. The number of halogens is 3. The summed E-state index contributed by atoms with van der Waals surface area (Å²) < 4.78 is 25.5. The minimum atomic E-state index is -0.429. The number of rotatable bonds is 9. The second-order valence-corrected chi connectivity index (χ2v) is 7.07. The maximum Gasteiger partial charge on any atom is 0.180 e. The first-order chi connectivity index (χ1) is 14.1. The van der Waals surface area contributed by atoms with Gasteiger partial charge in [0.25, 0.3) is 0 Å². The Morgan fingerprint density at radius 3 is 2.59 bits per heavy atom. The summed E-state index contributed by atoms with van der Waals surface area (Å²) in [7, 11) is 0. The number of hydrogen-bond acceptors (Lipinski definition) is 4. The molecule has 4 nitrogen and oxygen atoms in total. The first kappa shape index (κ1) is 21.4. The van der Waals surface area contributed by atoms with Gasteiger partial charge in [-0.15, -0.1) is 0 Å². The molecule has 0 aliphatic carbocycles. The van der Waals surface area contributed by atoms with Gasteiger partial charge in [-0.2, -0.15) is 0 Å². The van der Waals surface area contributed by atoms with Crippen LogP contribution >= 0.6 is 23.2 Å². The topological polar surface area (TPSA) is 43.4 Å². The molecule has 0 atom stereocenters. The van der Waals surface area contributed by atoms with Gasteiger partial charge in [-0.1, -0.05) is 35.3 Å². The van der Waals surface area contributed by atoms with Gasteiger partial charge < -0.3 is 14.8 Å². The fourth-order valence-electron chi connectivity index (χ4n) is 2.78. The van der Waals surface area contributed by atoms with Gasteiger partial charge in [-0.3, -0.25) is 4.98 Å². The minimum Gasteiger partial charge on any atom is -0.490 e. The monoisotopic (exact) mass is 434 g/mol. The summed E-state index contributed by atoms with van der Waals surface area (Å²) in [4.78, 5) is 4.28. The number of nitrogens with one attached hydrogen (secondary N) is 1. The third kappa shape index (κ3) is 5.82. The highest BCUT2D eigenvalue weighted by Crippen LogP contribution is 2.37. The van der Waals surface area contributed by atoms with Crippen molar-refractivity contribution in [1.29, 1.82) is 0 Å². The summed E-state index contributed by atoms with van der Waals surface area (Å²) >= 11 is 12.5. The van der Waals surface area contributed by atoms with E-state index in [1.807, 2.05) is 31.2 Å². The molecule has 0 saturated carbocycles. The molecule has 152 valence electrons. The van der Waals surface area contributed by atoms with E-state index in [-0.39, 0.29) is 12.2 Å². The van der Waals surface area contributed by atoms with E-state index < -0.39 is 5.82 Å². The molecule has 1 aromatic heterocycles. The van der Waals surface area contributed by atoms with Gasteiger partial charge >= 0.3 is 0 Å². The standard InChI is InChI=1S/C22H21Cl2FN2O2/c1-2-28-21-11-15(12-26-13-16-6-3-4-9-27-16)10-19(24)22(21)29-14-17-18(23)7-5-8-20(17)25/h3-11,26H,2,12-14H2,1H3. The van der Waals surface area contributed by atoms with Crippen molar-refractivity contribution < 1.29 is 13.9 Å². The Hall–Kier alpha value is -2.34. The van der Waals surface area contributed by atoms with E-state index in [9.17, 15) is 4.39 Å². The van der Waals surface area contributed by atoms with Crippen molar-refractivity contribution in [2.75, 3.05) is 6.61 Å². The predicted molar refractivity (Wildman–Crippen MR) is 113 cm³/mol. The van der Waals surface area contributed by atoms with Gasteiger partial charge in [-0.25, -0.2) is 4.39 Å². The molecule has 0 aliphatic rings. The van der Waals surface area contributed by atoms with E-state index in [4.69, 9.17) is 32.7 Å². The van der Waals surface area contributed by atoms with Crippen LogP contribution in [0.3, 0.4) is 0 Å². The SMILES string of the molecule is CCOc1cc(CNCc2ccccn2)cc(Cl)c1OCc1c(F)cccc1Cl. The lowest BCUT2D eigenvalue weighted by atomic mass is 10.2. The molecule has 1 N–H and O–H groups in total. The molecule has 7 heteroatoms. The molecule has 0 amide bonds. The zero-order valence-electron chi connectivity index (χ0n) is 15.9. The van der Waals surface area contributed by atoms with Crippen molar-refractivity contribution in [3.8, 4) is 11.5 Å². The van der Waals surface area contributed by atoms with E-state index in [0.717, 1.165) is 11.3 Å². The third-order valence-corrected chi connectivity index (χ3v) is 4.79. The van der Waals surface area contributed by atoms with Gasteiger partial charge in [0, 0.05) is 24.8 Å². The first-order valence-electron chi connectivity index (χ1n) is 9.20. The van der Waals surface area contributed by atoms with Crippen molar-refractivity contribution in [3.05, 3.63) is 87.4 Å². The Labute approximate surface area is 179 Å². The van der Waals surface area contributed by atoms with Crippen molar-refractivity contribution in [1.82, 2.24) is 10.3 Å². The number of ether oxygens (including phenoxy) is 2. The zero-order chi connectivity index (χ0) is 20.6. The lowest BCUT2D eigenvalue weighted by Crippen LogP contribution is -2.14. The maximum atomic E-state index is 14.0. The number of benzene rings is 2. The van der Waals surface area contributed by atoms with Crippen LogP contribution in [0.1, 0.15) is 23.7 Å². The lowest BCUT2D eigenvalue weighted by molar-refractivity contribution is 0.266. The second-order valence-electron chi connectivity index (χ2n) is 6.25. The Morgan fingerprint density at radius 1 is 1.00 bits per heavy atom. The van der Waals surface area contributed by atoms with Gasteiger partial charge in [0.15, 0.2) is 11.5 Å². The summed E-state index contributed by atoms with van der Waals surface area (Å²) in [6.45, 7) is 3.47. The quantitative estimate of drug-likeness (QED) is 0.462. The van der Waals surface area contributed by atoms with Crippen LogP contribution in [0, 0.1) is 5.82 Å². The van der Waals surface area contributed by atoms with Crippen LogP contribution < -0.4 is 14.8 Å². The highest BCUT2D eigenvalue weighted by atomic mass is 35.5. The van der Waals surface area contributed by atoms with Crippen LogP contribution in [0.2, 0.25) is 10.0 Å². The molecule has 0 bridgehead atoms. The molecular weight excluding hydrogens is 414 g/mol. The summed E-state index contributed by atoms with van der Waals surface area (Å²) in [6.07, 6.45) is 1.76. The molecule has 1 heterocycles. The summed E-state index contributed by atoms with van der Waals surface area (Å²) in [5.74, 6) is 0.435. The summed E-state index contributed by atoms with van der Waals surface area (Å²) in [6, 6.07) is 13.9. The first-order valence-corrected chi connectivity index (χ1v) is 9.95. The molecule has 0 saturated heterocycles. The fraction of sp³-hybridized carbons (Fsp3) is 0.227. The second kappa shape index (κ2) is 10.4. The van der Waals surface area contributed by atoms with E-state index in [1.165, 1.54) is 6.07 Å².